The zero-order chi connectivity index (χ0) is 111. The Kier molecular flexibility index (Phi) is 53.7. The Morgan fingerprint density at radius 3 is 0.866 bits per heavy atom. The molecule has 0 saturated carbocycles. The van der Waals surface area contributed by atoms with Gasteiger partial charge in [-0.25, -0.2) is 4.79 Å². The van der Waals surface area contributed by atoms with E-state index >= 15 is 33.6 Å². The summed E-state index contributed by atoms with van der Waals surface area (Å²) in [6, 6.07) is -21.9. The van der Waals surface area contributed by atoms with Crippen LogP contribution >= 0.6 is 0 Å². The van der Waals surface area contributed by atoms with Crippen LogP contribution in [0.4, 0.5) is 0 Å². The number of rotatable bonds is 65. The Bertz CT molecular complexity index is 4650. The molecule has 17 atom stereocenters. The topological polar surface area (TPSA) is 988 Å². The molecule has 0 aromatic rings. The maximum absolute atomic E-state index is 15.4. The molecule has 59 nitrogen and oxygen atoms in total. The largest absolute Gasteiger partial charge is 0.481 e. The lowest BCUT2D eigenvalue weighted by molar-refractivity contribution is -0.148. The summed E-state index contributed by atoms with van der Waals surface area (Å²) in [5, 5.41) is 129. The van der Waals surface area contributed by atoms with E-state index in [1.807, 2.05) is 0 Å². The number of likely N-dealkylation sites (tertiary alicyclic amines) is 5. The molecule has 59 heteroatoms. The first-order valence-corrected chi connectivity index (χ1v) is 51.0. The Labute approximate surface area is 865 Å². The van der Waals surface area contributed by atoms with E-state index < -0.39 is 240 Å². The van der Waals surface area contributed by atoms with Crippen LogP contribution in [0.15, 0.2) is 0 Å². The predicted molar refractivity (Wildman–Crippen MR) is 548 cm³/mol. The van der Waals surface area contributed by atoms with E-state index in [1.165, 1.54) is 19.6 Å². The monoisotopic (exact) mass is 2110 g/mol. The molecule has 5 saturated heterocycles. The van der Waals surface area contributed by atoms with Gasteiger partial charge in [0, 0.05) is 91.5 Å². The highest BCUT2D eigenvalue weighted by Crippen LogP contribution is 2.30. The summed E-state index contributed by atoms with van der Waals surface area (Å²) >= 11 is 0. The summed E-state index contributed by atoms with van der Waals surface area (Å²) in [4.78, 5) is 253. The number of carboxylic acid groups (broad SMARTS) is 2. The van der Waals surface area contributed by atoms with Gasteiger partial charge in [-0.1, -0.05) is 34.1 Å². The summed E-state index contributed by atoms with van der Waals surface area (Å²) < 4.78 is 0. The van der Waals surface area contributed by atoms with Crippen LogP contribution < -0.4 is 147 Å². The Balaban J connectivity index is 1.38. The van der Waals surface area contributed by atoms with Crippen molar-refractivity contribution < 1.29 is 91.7 Å². The zero-order valence-electron chi connectivity index (χ0n) is 85.6. The van der Waals surface area contributed by atoms with Crippen molar-refractivity contribution in [1.82, 2.24) is 120 Å². The third kappa shape index (κ3) is 43.2. The Morgan fingerprint density at radius 1 is 0.295 bits per heavy atom. The average Bonchev–Trinajstić information content (AvgIpc) is 1.65. The molecule has 0 unspecified atom stereocenters. The van der Waals surface area contributed by atoms with Crippen LogP contribution in [-0.4, -0.2) is 365 Å². The Morgan fingerprint density at radius 2 is 0.537 bits per heavy atom. The van der Waals surface area contributed by atoms with E-state index in [0.29, 0.717) is 12.8 Å². The molecule has 0 spiro atoms. The summed E-state index contributed by atoms with van der Waals surface area (Å²) in [6.07, 6.45) is 0.995. The van der Waals surface area contributed by atoms with Crippen molar-refractivity contribution >= 4 is 148 Å². The molecule has 0 aromatic heterocycles. The van der Waals surface area contributed by atoms with Gasteiger partial charge in [0.05, 0.1) is 6.04 Å². The molecule has 0 aliphatic carbocycles. The van der Waals surface area contributed by atoms with Crippen molar-refractivity contribution in [2.24, 2.45) is 63.4 Å². The molecular formula is C90H162N40O19. The summed E-state index contributed by atoms with van der Waals surface area (Å²) in [7, 11) is 0. The lowest BCUT2D eigenvalue weighted by atomic mass is 9.96. The fraction of sp³-hybridized carbons (Fsp3) is 0.722. The smallest absolute Gasteiger partial charge is 0.326 e. The summed E-state index contributed by atoms with van der Waals surface area (Å²) in [5.74, 6) is -18.9. The van der Waals surface area contributed by atoms with Gasteiger partial charge < -0.3 is 182 Å². The number of nitrogens with two attached hydrogens (primary N) is 9. The quantitative estimate of drug-likeness (QED) is 0.0153. The number of carbonyl (C=O) groups excluding carboxylic acids is 15. The van der Waals surface area contributed by atoms with E-state index in [2.05, 4.69) is 95.7 Å². The van der Waals surface area contributed by atoms with Crippen molar-refractivity contribution in [3.63, 3.8) is 0 Å². The number of hydrogen-bond donors (Lipinski definition) is 37. The van der Waals surface area contributed by atoms with Crippen LogP contribution in [0.5, 0.6) is 0 Å². The fourth-order valence-electron chi connectivity index (χ4n) is 18.3. The first kappa shape index (κ1) is 125. The third-order valence-electron chi connectivity index (χ3n) is 26.2. The highest BCUT2D eigenvalue weighted by atomic mass is 16.4. The van der Waals surface area contributed by atoms with Crippen molar-refractivity contribution in [2.75, 3.05) is 85.1 Å². The third-order valence-corrected chi connectivity index (χ3v) is 26.2. The van der Waals surface area contributed by atoms with Crippen molar-refractivity contribution in [3.05, 3.63) is 0 Å². The molecule has 0 aromatic carbocycles. The van der Waals surface area contributed by atoms with Gasteiger partial charge >= 0.3 is 11.9 Å². The maximum atomic E-state index is 15.4. The van der Waals surface area contributed by atoms with Crippen molar-refractivity contribution in [3.8, 4) is 0 Å². The van der Waals surface area contributed by atoms with Gasteiger partial charge in [-0.05, 0) is 192 Å². The number of amides is 15. The minimum Gasteiger partial charge on any atom is -0.481 e. The summed E-state index contributed by atoms with van der Waals surface area (Å²) in [6.45, 7) is 7.49. The molecule has 836 valence electrons. The van der Waals surface area contributed by atoms with Gasteiger partial charge in [0.1, 0.15) is 90.6 Å². The van der Waals surface area contributed by atoms with Crippen LogP contribution in [0.25, 0.3) is 0 Å². The maximum Gasteiger partial charge on any atom is 0.326 e. The molecule has 0 bridgehead atoms. The number of hydrogen-bond acceptors (Lipinski definition) is 26. The SMILES string of the molecule is CC[C@H](C)[C@H](NC(=O)[C@H](CCCNC(=N)N)NC(=O)[C@@H](N)CCCNC(=N)N)C(=O)N[C@@H](CCCNC(=N)N)C(=O)N1CCC[C@H]1C(=O)N[C@@H](CCCNC(=N)N)C(=O)N1CCC[C@H]1C(=O)N1CCC[C@H]1C(=O)N[C@@H](CCCNC(=N)N)C(=O)N[C@@H](CC(C)C)C(=O)N1CCC[C@H]1C(=O)N[C@@H](CCCNC(=N)N)C(=O)N[C@@H](CCC(=O)O)C(=O)N[C@@H](CCCNC(=N)N)C(=O)N1CCC[C@H]1C(=O)N[C@@H](CCCNC(=N)N)C(=O)O. The minimum atomic E-state index is -1.75. The predicted octanol–water partition coefficient (Wildman–Crippen LogP) is -9.74. The second kappa shape index (κ2) is 64.3. The molecule has 15 amide bonds. The van der Waals surface area contributed by atoms with E-state index in [-0.39, 0.29) is 282 Å². The first-order valence-electron chi connectivity index (χ1n) is 51.0. The number of carboxylic acids is 2. The van der Waals surface area contributed by atoms with Crippen LogP contribution in [-0.2, 0) is 81.5 Å². The number of nitrogens with one attached hydrogen (secondary N) is 26. The summed E-state index contributed by atoms with van der Waals surface area (Å²) in [5.41, 5.74) is 50.5. The second-order valence-corrected chi connectivity index (χ2v) is 38.2. The number of carbonyl (C=O) groups is 17. The van der Waals surface area contributed by atoms with Crippen LogP contribution in [0.3, 0.4) is 0 Å². The molecule has 5 aliphatic rings. The minimum absolute atomic E-state index is 0.00296. The lowest BCUT2D eigenvalue weighted by Crippen LogP contribution is -2.61. The van der Waals surface area contributed by atoms with Gasteiger partial charge in [-0.3, -0.25) is 120 Å². The number of guanidine groups is 8. The molecular weight excluding hydrogens is 1950 g/mol. The van der Waals surface area contributed by atoms with Gasteiger partial charge in [-0.2, -0.15) is 0 Å². The van der Waals surface area contributed by atoms with Crippen LogP contribution in [0.1, 0.15) is 220 Å². The highest BCUT2D eigenvalue weighted by Gasteiger charge is 2.49. The van der Waals surface area contributed by atoms with Crippen molar-refractivity contribution in [1.29, 1.82) is 43.3 Å². The molecule has 5 rings (SSSR count). The van der Waals surface area contributed by atoms with Crippen LogP contribution in [0.2, 0.25) is 0 Å². The van der Waals surface area contributed by atoms with Gasteiger partial charge in [-0.15, -0.1) is 0 Å². The zero-order valence-corrected chi connectivity index (χ0v) is 85.6. The van der Waals surface area contributed by atoms with E-state index in [0.717, 1.165) is 4.90 Å². The first-order chi connectivity index (χ1) is 70.5. The van der Waals surface area contributed by atoms with E-state index in [9.17, 15) is 58.2 Å². The Hall–Kier alpha value is -14.9. The van der Waals surface area contributed by atoms with E-state index in [1.54, 1.807) is 27.7 Å². The fourth-order valence-corrected chi connectivity index (χ4v) is 18.3. The molecule has 149 heavy (non-hydrogen) atoms. The van der Waals surface area contributed by atoms with Gasteiger partial charge in [0.2, 0.25) is 88.6 Å². The van der Waals surface area contributed by atoms with E-state index in [4.69, 9.17) is 94.9 Å². The highest BCUT2D eigenvalue weighted by molar-refractivity contribution is 6.02. The normalized spacial score (nSPS) is 18.6. The molecule has 46 N–H and O–H groups in total. The van der Waals surface area contributed by atoms with Crippen LogP contribution in [0, 0.1) is 55.1 Å². The van der Waals surface area contributed by atoms with Gasteiger partial charge in [0.25, 0.3) is 0 Å². The number of nitrogens with zero attached hydrogens (tertiary/aromatic N) is 5. The number of aliphatic carboxylic acids is 2. The lowest BCUT2D eigenvalue weighted by Gasteiger charge is -2.34. The average molecular weight is 2110 g/mol. The molecule has 0 radical (unpaired) electrons. The van der Waals surface area contributed by atoms with Crippen molar-refractivity contribution in [2.45, 2.75) is 317 Å². The molecule has 5 fully saturated rings. The standard InChI is InChI=1S/C90H162N40O19/c1-5-49(4)66(125-71(137)53(22-9-37-111-86(98)99)116-67(133)50(91)19-6-34-108-83(92)93)76(142)122-57(25-12-40-114-89(104)105)78(144)126-42-14-28-61(126)74(140)121-56(24-11-39-113-88(102)103)79(145)130-46-18-31-64(130)81(147)129-45-17-30-63(129)73(139)119-52(21-8-36-110-85(96)97)69(135)124-59(47-48(2)3)80(146)128-44-16-27-60(128)72(138)118-51(20-7-35-109-84(94)95)68(134)117-54(32-33-65(131)132)70(136)120-55(23-10-38-112-87(100)101)77(143)127-43-15-29-62(127)75(141)123-58(82(148)149)26-13-41-115-90(106)107/h48-64,66H,5-47,91H2,1-4H3,(H,116,133)(H,117,134)(H,118,138)(H,119,139)(H,120,136)(H,121,140)(H,122,142)(H,123,141)(H,124,135)(H,125,137)(H,131,132)(H,148,149)(H4,92,93,108)(H4,94,95,109)(H4,96,97,110)(H4,98,99,111)(H4,100,101,112)(H4,102,103,113)(H4,104,105,114)(H4,106,107,115)/t49-,50-,51-,52-,53-,54-,55-,56-,57-,58-,59-,60-,61-,62-,63-,64-,66-/m0/s1. The second-order valence-electron chi connectivity index (χ2n) is 38.2. The molecule has 5 heterocycles. The van der Waals surface area contributed by atoms with Gasteiger partial charge in [0.15, 0.2) is 47.7 Å². The molecule has 5 aliphatic heterocycles.